The number of carbonyl (C=O) groups excluding carboxylic acids is 1. The number of aromatic nitrogens is 4. The van der Waals surface area contributed by atoms with Crippen molar-refractivity contribution in [2.75, 3.05) is 25.6 Å². The van der Waals surface area contributed by atoms with Gasteiger partial charge in [-0.1, -0.05) is 55.4 Å². The summed E-state index contributed by atoms with van der Waals surface area (Å²) >= 11 is 0. The van der Waals surface area contributed by atoms with E-state index in [-0.39, 0.29) is 65.2 Å². The smallest absolute Gasteiger partial charge is 0.335 e. The predicted octanol–water partition coefficient (Wildman–Crippen LogP) is 3.76. The summed E-state index contributed by atoms with van der Waals surface area (Å²) < 4.78 is 34.9. The Labute approximate surface area is 249 Å². The number of amides is 1. The van der Waals surface area contributed by atoms with Crippen LogP contribution in [0.2, 0.25) is 22.2 Å². The average Bonchev–Trinajstić information content (AvgIpc) is 3.41. The fourth-order valence-corrected chi connectivity index (χ4v) is 17.7. The number of hydrogen-bond acceptors (Lipinski definition) is 11. The van der Waals surface area contributed by atoms with Crippen molar-refractivity contribution in [2.45, 2.75) is 115 Å². The molecule has 236 valence electrons. The van der Waals surface area contributed by atoms with E-state index in [2.05, 4.69) is 75.7 Å². The molecule has 2 aliphatic rings. The van der Waals surface area contributed by atoms with Gasteiger partial charge in [-0.25, -0.2) is 4.98 Å². The molecule has 2 aromatic rings. The Morgan fingerprint density at radius 1 is 1.12 bits per heavy atom. The number of hydrogen-bond donors (Lipinski definition) is 3. The Kier molecular flexibility index (Phi) is 9.55. The molecule has 2 saturated heterocycles. The van der Waals surface area contributed by atoms with Gasteiger partial charge in [-0.2, -0.15) is 9.97 Å². The first-order valence-electron chi connectivity index (χ1n) is 14.7. The number of anilines is 1. The summed E-state index contributed by atoms with van der Waals surface area (Å²) in [5.41, 5.74) is -0.742. The minimum atomic E-state index is -3.10. The molecule has 2 fully saturated rings. The molecule has 42 heavy (non-hydrogen) atoms. The summed E-state index contributed by atoms with van der Waals surface area (Å²) in [6.45, 7) is 18.2. The van der Waals surface area contributed by atoms with Gasteiger partial charge in [0.1, 0.15) is 17.8 Å². The summed E-state index contributed by atoms with van der Waals surface area (Å²) in [6.07, 6.45) is -1.15. The number of rotatable bonds is 9. The minimum Gasteiger partial charge on any atom is -0.479 e. The van der Waals surface area contributed by atoms with Gasteiger partial charge in [0, 0.05) is 20.0 Å². The molecule has 2 aromatic heterocycles. The maximum atomic E-state index is 12.5. The third-order valence-corrected chi connectivity index (χ3v) is 18.7. The molecule has 0 spiro atoms. The zero-order valence-electron chi connectivity index (χ0n) is 26.4. The second-order valence-corrected chi connectivity index (χ2v) is 21.4. The van der Waals surface area contributed by atoms with E-state index in [1.54, 1.807) is 4.57 Å². The summed E-state index contributed by atoms with van der Waals surface area (Å²) in [4.78, 5) is 25.0. The molecule has 0 aliphatic carbocycles. The normalized spacial score (nSPS) is 27.5. The number of fused-ring (bicyclic) bond motifs is 2. The summed E-state index contributed by atoms with van der Waals surface area (Å²) in [5, 5.41) is 25.3. The molecule has 0 unspecified atom stereocenters. The molecular formula is C27H47N5O8Si2. The molecule has 2 aliphatic heterocycles. The van der Waals surface area contributed by atoms with E-state index < -0.39 is 41.2 Å². The molecule has 4 heterocycles. The van der Waals surface area contributed by atoms with Crippen LogP contribution < -0.4 is 10.1 Å². The van der Waals surface area contributed by atoms with Crippen LogP contribution in [0.4, 0.5) is 5.95 Å². The van der Waals surface area contributed by atoms with Gasteiger partial charge in [-0.05, 0) is 22.2 Å². The number of imidazole rings is 1. The van der Waals surface area contributed by atoms with Crippen LogP contribution in [0, 0.1) is 0 Å². The second kappa shape index (κ2) is 12.2. The van der Waals surface area contributed by atoms with E-state index in [4.69, 9.17) is 22.4 Å². The van der Waals surface area contributed by atoms with Gasteiger partial charge in [-0.3, -0.25) is 14.7 Å². The highest BCUT2D eigenvalue weighted by Crippen LogP contribution is 2.51. The fraction of sp³-hybridized carbons (Fsp3) is 0.778. The molecule has 1 amide bonds. The second-order valence-electron chi connectivity index (χ2n) is 12.6. The van der Waals surface area contributed by atoms with Crippen molar-refractivity contribution in [3.05, 3.63) is 6.33 Å². The molecular weight excluding hydrogens is 578 g/mol. The molecule has 0 radical (unpaired) electrons. The van der Waals surface area contributed by atoms with Gasteiger partial charge in [0.15, 0.2) is 17.4 Å². The SMILES string of the molecule is COc1nc(NC(C)=O)nc2c1ncn2[C@@H]1O[C@@H]2CO[Si](C(C)C)(C(C)C)O[Si](C(C)C)(C(C)C)O[C@H]2[C@@]1(O)CCO. The van der Waals surface area contributed by atoms with Crippen LogP contribution >= 0.6 is 0 Å². The lowest BCUT2D eigenvalue weighted by Crippen LogP contribution is -2.67. The van der Waals surface area contributed by atoms with E-state index in [1.807, 2.05) is 0 Å². The summed E-state index contributed by atoms with van der Waals surface area (Å²) in [7, 11) is -4.50. The van der Waals surface area contributed by atoms with Gasteiger partial charge in [0.2, 0.25) is 17.7 Å². The fourth-order valence-electron chi connectivity index (χ4n) is 6.41. The van der Waals surface area contributed by atoms with Crippen molar-refractivity contribution < 1.29 is 37.4 Å². The van der Waals surface area contributed by atoms with Gasteiger partial charge in [0.25, 0.3) is 0 Å². The lowest BCUT2D eigenvalue weighted by Gasteiger charge is -2.52. The molecule has 0 aromatic carbocycles. The Balaban J connectivity index is 1.89. The summed E-state index contributed by atoms with van der Waals surface area (Å²) in [5.74, 6) is -0.181. The minimum absolute atomic E-state index is 0.0204. The third kappa shape index (κ3) is 5.42. The first-order chi connectivity index (χ1) is 19.7. The maximum absolute atomic E-state index is 12.5. The monoisotopic (exact) mass is 625 g/mol. The van der Waals surface area contributed by atoms with Crippen molar-refractivity contribution in [3.63, 3.8) is 0 Å². The zero-order valence-corrected chi connectivity index (χ0v) is 28.4. The number of nitrogens with one attached hydrogen (secondary N) is 1. The van der Waals surface area contributed by atoms with E-state index in [1.165, 1.54) is 20.4 Å². The highest BCUT2D eigenvalue weighted by molar-refractivity contribution is 6.84. The maximum Gasteiger partial charge on any atom is 0.335 e. The van der Waals surface area contributed by atoms with Gasteiger partial charge in [0.05, 0.1) is 20.0 Å². The van der Waals surface area contributed by atoms with Crippen LogP contribution in [-0.2, 0) is 22.5 Å². The van der Waals surface area contributed by atoms with Gasteiger partial charge in [-0.15, -0.1) is 0 Å². The lowest BCUT2D eigenvalue weighted by atomic mass is 9.90. The average molecular weight is 626 g/mol. The number of carbonyl (C=O) groups is 1. The van der Waals surface area contributed by atoms with E-state index in [9.17, 15) is 15.0 Å². The Hall–Kier alpha value is -1.99. The van der Waals surface area contributed by atoms with Crippen molar-refractivity contribution in [1.82, 2.24) is 19.5 Å². The van der Waals surface area contributed by atoms with Crippen LogP contribution in [0.3, 0.4) is 0 Å². The van der Waals surface area contributed by atoms with Crippen LogP contribution in [-0.4, -0.2) is 90.9 Å². The van der Waals surface area contributed by atoms with Crippen LogP contribution in [0.15, 0.2) is 6.33 Å². The van der Waals surface area contributed by atoms with Crippen molar-refractivity contribution in [1.29, 1.82) is 0 Å². The molecule has 4 rings (SSSR count). The van der Waals surface area contributed by atoms with Crippen molar-refractivity contribution >= 4 is 40.1 Å². The first kappa shape index (κ1) is 32.9. The van der Waals surface area contributed by atoms with E-state index >= 15 is 0 Å². The van der Waals surface area contributed by atoms with Crippen molar-refractivity contribution in [3.8, 4) is 5.88 Å². The molecule has 13 nitrogen and oxygen atoms in total. The quantitative estimate of drug-likeness (QED) is 0.348. The Morgan fingerprint density at radius 3 is 2.26 bits per heavy atom. The highest BCUT2D eigenvalue weighted by Gasteiger charge is 2.65. The lowest BCUT2D eigenvalue weighted by molar-refractivity contribution is -0.116. The van der Waals surface area contributed by atoms with Crippen molar-refractivity contribution in [2.24, 2.45) is 0 Å². The number of aliphatic hydroxyl groups is 2. The topological polar surface area (TPSA) is 159 Å². The standard InChI is InChI=1S/C27H47N5O8Si2/c1-15(2)41(16(3)4)37-13-20-22(39-42(40-41,17(5)6)18(7)8)27(35,11-12-33)25(38-20)32-14-28-21-23(32)30-26(29-19(9)34)31-24(21)36-10/h14-18,20,22,25,33,35H,11-13H2,1-10H3,(H,29,30,31,34)/t20-,22-,25-,27+/m1/s1. The zero-order chi connectivity index (χ0) is 31.2. The molecule has 3 N–H and O–H groups in total. The van der Waals surface area contributed by atoms with Crippen LogP contribution in [0.25, 0.3) is 11.2 Å². The van der Waals surface area contributed by atoms with Crippen LogP contribution in [0.1, 0.15) is 75.0 Å². The number of ether oxygens (including phenoxy) is 2. The number of nitrogens with zero attached hydrogens (tertiary/aromatic N) is 4. The van der Waals surface area contributed by atoms with Gasteiger partial charge < -0.3 is 32.7 Å². The highest BCUT2D eigenvalue weighted by atomic mass is 28.5. The number of aliphatic hydroxyl groups excluding tert-OH is 1. The molecule has 4 atom stereocenters. The van der Waals surface area contributed by atoms with E-state index in [0.717, 1.165) is 0 Å². The summed E-state index contributed by atoms with van der Waals surface area (Å²) in [6, 6.07) is 0. The Bertz CT molecular complexity index is 1260. The van der Waals surface area contributed by atoms with Crippen LogP contribution in [0.5, 0.6) is 5.88 Å². The molecule has 15 heteroatoms. The third-order valence-electron chi connectivity index (χ3n) is 8.52. The first-order valence-corrected chi connectivity index (χ1v) is 18.7. The Morgan fingerprint density at radius 2 is 1.74 bits per heavy atom. The largest absolute Gasteiger partial charge is 0.479 e. The predicted molar refractivity (Wildman–Crippen MR) is 161 cm³/mol. The molecule has 0 saturated carbocycles. The van der Waals surface area contributed by atoms with E-state index in [0.29, 0.717) is 5.52 Å². The number of methoxy groups -OCH3 is 1. The van der Waals surface area contributed by atoms with Gasteiger partial charge >= 0.3 is 17.1 Å². The molecule has 0 bridgehead atoms.